The van der Waals surface area contributed by atoms with Gasteiger partial charge in [-0.2, -0.15) is 0 Å². The smallest absolute Gasteiger partial charge is 0.312 e. The molecule has 3 unspecified atom stereocenters. The van der Waals surface area contributed by atoms with Gasteiger partial charge in [0.15, 0.2) is 0 Å². The summed E-state index contributed by atoms with van der Waals surface area (Å²) in [7, 11) is 0. The van der Waals surface area contributed by atoms with E-state index in [1.807, 2.05) is 4.90 Å². The van der Waals surface area contributed by atoms with E-state index < -0.39 is 35.6 Å². The molecule has 4 rings (SSSR count). The zero-order valence-corrected chi connectivity index (χ0v) is 22.6. The molecule has 9 heteroatoms. The van der Waals surface area contributed by atoms with Gasteiger partial charge in [0.25, 0.3) is 0 Å². The van der Waals surface area contributed by atoms with Crippen LogP contribution in [-0.2, 0) is 23.9 Å². The Morgan fingerprint density at radius 2 is 1.97 bits per heavy atom. The van der Waals surface area contributed by atoms with Crippen molar-refractivity contribution < 1.29 is 29.0 Å². The maximum Gasteiger partial charge on any atom is 0.312 e. The number of fused-ring (bicyclic) bond motifs is 1. The van der Waals surface area contributed by atoms with E-state index in [-0.39, 0.29) is 42.4 Å². The summed E-state index contributed by atoms with van der Waals surface area (Å²) in [6.45, 7) is 8.36. The molecule has 0 radical (unpaired) electrons. The van der Waals surface area contributed by atoms with E-state index in [0.29, 0.717) is 25.8 Å². The standard InChI is InChI=1S/C27H39BrN2O6/c1-3-5-9-16-35-26(34)20-21-24(32)30(14-10-15-31)23(27(21)17-19(28)22(20)36-27)25(33)29(13-4-2)18-11-7-6-8-12-18/h3-4,18-23,31H,1-2,5-17H2/t19?,20-,21-,22-,23?,27?/m0/s1. The minimum atomic E-state index is -1.10. The molecule has 4 fully saturated rings. The maximum absolute atomic E-state index is 14.3. The predicted octanol–water partition coefficient (Wildman–Crippen LogP) is 2.97. The summed E-state index contributed by atoms with van der Waals surface area (Å²) in [4.78, 5) is 44.7. The largest absolute Gasteiger partial charge is 0.465 e. The first-order chi connectivity index (χ1) is 17.4. The number of hydrogen-bond acceptors (Lipinski definition) is 6. The molecule has 1 aliphatic carbocycles. The molecule has 0 aromatic carbocycles. The van der Waals surface area contributed by atoms with Crippen molar-refractivity contribution in [3.05, 3.63) is 25.3 Å². The molecule has 3 saturated heterocycles. The van der Waals surface area contributed by atoms with Crippen LogP contribution in [-0.4, -0.2) is 87.6 Å². The number of carbonyl (C=O) groups excluding carboxylic acids is 3. The minimum Gasteiger partial charge on any atom is -0.465 e. The molecule has 8 nitrogen and oxygen atoms in total. The van der Waals surface area contributed by atoms with Crippen molar-refractivity contribution in [2.75, 3.05) is 26.3 Å². The van der Waals surface area contributed by atoms with Crippen LogP contribution in [0.1, 0.15) is 57.8 Å². The summed E-state index contributed by atoms with van der Waals surface area (Å²) in [5.41, 5.74) is -1.10. The summed E-state index contributed by atoms with van der Waals surface area (Å²) in [5, 5.41) is 9.52. The van der Waals surface area contributed by atoms with Crippen LogP contribution in [0.5, 0.6) is 0 Å². The highest BCUT2D eigenvalue weighted by molar-refractivity contribution is 9.09. The van der Waals surface area contributed by atoms with Crippen LogP contribution in [0.15, 0.2) is 25.3 Å². The molecular formula is C27H39BrN2O6. The van der Waals surface area contributed by atoms with Crippen molar-refractivity contribution in [1.82, 2.24) is 9.80 Å². The number of unbranched alkanes of at least 4 members (excludes halogenated alkanes) is 1. The molecular weight excluding hydrogens is 528 g/mol. The van der Waals surface area contributed by atoms with Gasteiger partial charge in [0.1, 0.15) is 11.6 Å². The third-order valence-corrected chi connectivity index (χ3v) is 9.12. The number of ether oxygens (including phenoxy) is 2. The highest BCUT2D eigenvalue weighted by Gasteiger charge is 2.77. The highest BCUT2D eigenvalue weighted by Crippen LogP contribution is 2.60. The van der Waals surface area contributed by atoms with E-state index in [2.05, 4.69) is 29.1 Å². The van der Waals surface area contributed by atoms with Gasteiger partial charge in [0.05, 0.1) is 24.5 Å². The Balaban J connectivity index is 1.66. The predicted molar refractivity (Wildman–Crippen MR) is 138 cm³/mol. The molecule has 1 spiro atoms. The Morgan fingerprint density at radius 3 is 2.64 bits per heavy atom. The van der Waals surface area contributed by atoms with Crippen molar-refractivity contribution in [2.24, 2.45) is 11.8 Å². The fraction of sp³-hybridized carbons (Fsp3) is 0.741. The lowest BCUT2D eigenvalue weighted by molar-refractivity contribution is -0.155. The monoisotopic (exact) mass is 566 g/mol. The number of amides is 2. The Kier molecular flexibility index (Phi) is 8.94. The first-order valence-electron chi connectivity index (χ1n) is 13.3. The third kappa shape index (κ3) is 4.78. The highest BCUT2D eigenvalue weighted by atomic mass is 79.9. The summed E-state index contributed by atoms with van der Waals surface area (Å²) in [6, 6.07) is -0.745. The lowest BCUT2D eigenvalue weighted by Gasteiger charge is -2.41. The topological polar surface area (TPSA) is 96.4 Å². The van der Waals surface area contributed by atoms with Gasteiger partial charge in [0, 0.05) is 30.6 Å². The van der Waals surface area contributed by atoms with E-state index in [1.54, 1.807) is 17.1 Å². The van der Waals surface area contributed by atoms with Crippen LogP contribution in [0.4, 0.5) is 0 Å². The van der Waals surface area contributed by atoms with Crippen molar-refractivity contribution in [1.29, 1.82) is 0 Å². The number of hydrogen-bond donors (Lipinski definition) is 1. The summed E-state index contributed by atoms with van der Waals surface area (Å²) >= 11 is 3.69. The lowest BCUT2D eigenvalue weighted by Crippen LogP contribution is -2.58. The first-order valence-corrected chi connectivity index (χ1v) is 14.2. The van der Waals surface area contributed by atoms with Gasteiger partial charge >= 0.3 is 5.97 Å². The summed E-state index contributed by atoms with van der Waals surface area (Å²) in [5.74, 6) is -2.38. The number of aliphatic hydroxyl groups is 1. The SMILES string of the molecule is C=CCCCOC(=O)[C@H]1[C@H]2C(=O)N(CCCO)C(C(=O)N(CC=C)C3CCCCC3)C23CC(Br)[C@@H]1O3. The van der Waals surface area contributed by atoms with Crippen LogP contribution in [0.25, 0.3) is 0 Å². The van der Waals surface area contributed by atoms with E-state index in [4.69, 9.17) is 9.47 Å². The molecule has 200 valence electrons. The number of halogens is 1. The molecule has 6 atom stereocenters. The Hall–Kier alpha value is -1.71. The second-order valence-electron chi connectivity index (χ2n) is 10.4. The first kappa shape index (κ1) is 27.3. The second-order valence-corrected chi connectivity index (χ2v) is 11.6. The number of aliphatic hydroxyl groups excluding tert-OH is 1. The van der Waals surface area contributed by atoms with Crippen LogP contribution >= 0.6 is 15.9 Å². The van der Waals surface area contributed by atoms with E-state index in [1.165, 1.54) is 0 Å². The van der Waals surface area contributed by atoms with Crippen molar-refractivity contribution in [2.45, 2.75) is 86.4 Å². The Labute approximate surface area is 222 Å². The quantitative estimate of drug-likeness (QED) is 0.169. The number of allylic oxidation sites excluding steroid dienone is 1. The van der Waals surface area contributed by atoms with Gasteiger partial charge in [-0.1, -0.05) is 47.3 Å². The zero-order chi connectivity index (χ0) is 25.9. The lowest BCUT2D eigenvalue weighted by atomic mass is 9.70. The minimum absolute atomic E-state index is 0.0958. The number of likely N-dealkylation sites (tertiary alicyclic amines) is 1. The zero-order valence-electron chi connectivity index (χ0n) is 21.0. The fourth-order valence-electron chi connectivity index (χ4n) is 6.76. The van der Waals surface area contributed by atoms with Crippen molar-refractivity contribution in [3.63, 3.8) is 0 Å². The van der Waals surface area contributed by atoms with Crippen LogP contribution in [0.2, 0.25) is 0 Å². The van der Waals surface area contributed by atoms with Gasteiger partial charge in [-0.05, 0) is 38.5 Å². The van der Waals surface area contributed by atoms with Gasteiger partial charge in [-0.15, -0.1) is 13.2 Å². The normalized spacial score (nSPS) is 33.4. The molecule has 3 heterocycles. The molecule has 1 saturated carbocycles. The third-order valence-electron chi connectivity index (χ3n) is 8.27. The molecule has 36 heavy (non-hydrogen) atoms. The number of alkyl halides is 1. The summed E-state index contributed by atoms with van der Waals surface area (Å²) < 4.78 is 12.1. The number of esters is 1. The molecule has 1 N–H and O–H groups in total. The number of nitrogens with zero attached hydrogens (tertiary/aromatic N) is 2. The maximum atomic E-state index is 14.3. The van der Waals surface area contributed by atoms with Crippen molar-refractivity contribution in [3.8, 4) is 0 Å². The fourth-order valence-corrected chi connectivity index (χ4v) is 7.71. The van der Waals surface area contributed by atoms with E-state index in [9.17, 15) is 19.5 Å². The summed E-state index contributed by atoms with van der Waals surface area (Å²) in [6.07, 6.45) is 10.4. The molecule has 3 aliphatic heterocycles. The van der Waals surface area contributed by atoms with Crippen molar-refractivity contribution >= 4 is 33.7 Å². The molecule has 2 amide bonds. The van der Waals surface area contributed by atoms with Gasteiger partial charge < -0.3 is 24.4 Å². The molecule has 2 bridgehead atoms. The number of carbonyl (C=O) groups is 3. The van der Waals surface area contributed by atoms with Gasteiger partial charge in [-0.3, -0.25) is 14.4 Å². The molecule has 0 aromatic heterocycles. The second kappa shape index (κ2) is 11.8. The van der Waals surface area contributed by atoms with Gasteiger partial charge in [0.2, 0.25) is 11.8 Å². The Morgan fingerprint density at radius 1 is 1.22 bits per heavy atom. The average Bonchev–Trinajstić information content (AvgIpc) is 3.47. The molecule has 4 aliphatic rings. The average molecular weight is 568 g/mol. The molecule has 0 aromatic rings. The van der Waals surface area contributed by atoms with E-state index >= 15 is 0 Å². The number of rotatable bonds is 12. The Bertz CT molecular complexity index is 861. The van der Waals surface area contributed by atoms with Crippen LogP contribution in [0, 0.1) is 11.8 Å². The van der Waals surface area contributed by atoms with E-state index in [0.717, 1.165) is 38.5 Å². The van der Waals surface area contributed by atoms with Crippen LogP contribution in [0.3, 0.4) is 0 Å². The van der Waals surface area contributed by atoms with Gasteiger partial charge in [-0.25, -0.2) is 0 Å². The van der Waals surface area contributed by atoms with Crippen LogP contribution < -0.4 is 0 Å².